The Balaban J connectivity index is 2.24. The third kappa shape index (κ3) is 2.78. The number of rotatable bonds is 3. The maximum absolute atomic E-state index is 13.2. The molecule has 0 spiro atoms. The Morgan fingerprint density at radius 3 is 2.39 bits per heavy atom. The molecule has 1 aliphatic carbocycles. The van der Waals surface area contributed by atoms with E-state index >= 15 is 0 Å². The minimum Gasteiger partial charge on any atom is -0.478 e. The van der Waals surface area contributed by atoms with Crippen molar-refractivity contribution in [2.75, 3.05) is 5.32 Å². The third-order valence-electron chi connectivity index (χ3n) is 3.26. The molecule has 1 aliphatic rings. The van der Waals surface area contributed by atoms with Crippen molar-refractivity contribution >= 4 is 11.7 Å². The maximum atomic E-state index is 13.2. The van der Waals surface area contributed by atoms with Crippen molar-refractivity contribution in [3.05, 3.63) is 29.3 Å². The highest BCUT2D eigenvalue weighted by molar-refractivity contribution is 5.94. The van der Waals surface area contributed by atoms with Crippen LogP contribution >= 0.6 is 0 Å². The van der Waals surface area contributed by atoms with E-state index < -0.39 is 17.6 Å². The van der Waals surface area contributed by atoms with Gasteiger partial charge in [0.15, 0.2) is 11.6 Å². The van der Waals surface area contributed by atoms with Gasteiger partial charge in [-0.05, 0) is 18.9 Å². The van der Waals surface area contributed by atoms with E-state index in [1.54, 1.807) is 0 Å². The highest BCUT2D eigenvalue weighted by atomic mass is 19.2. The van der Waals surface area contributed by atoms with Gasteiger partial charge in [0.1, 0.15) is 0 Å². The number of anilines is 1. The normalized spacial score (nSPS) is 16.6. The van der Waals surface area contributed by atoms with Crippen LogP contribution in [0.3, 0.4) is 0 Å². The molecule has 5 heteroatoms. The van der Waals surface area contributed by atoms with Gasteiger partial charge in [0.2, 0.25) is 0 Å². The summed E-state index contributed by atoms with van der Waals surface area (Å²) in [6.07, 6.45) is 5.17. The molecule has 0 radical (unpaired) electrons. The average molecular weight is 255 g/mol. The van der Waals surface area contributed by atoms with Gasteiger partial charge in [0.05, 0.1) is 11.3 Å². The second-order valence-electron chi connectivity index (χ2n) is 4.60. The summed E-state index contributed by atoms with van der Waals surface area (Å²) in [5.41, 5.74) is -0.0622. The zero-order valence-corrected chi connectivity index (χ0v) is 9.88. The molecule has 1 fully saturated rings. The molecule has 0 aliphatic heterocycles. The van der Waals surface area contributed by atoms with Crippen LogP contribution in [0, 0.1) is 11.6 Å². The number of carboxylic acid groups (broad SMARTS) is 1. The second kappa shape index (κ2) is 5.33. The molecule has 98 valence electrons. The smallest absolute Gasteiger partial charge is 0.337 e. The molecule has 0 aromatic heterocycles. The highest BCUT2D eigenvalue weighted by Crippen LogP contribution is 2.25. The molecule has 1 saturated carbocycles. The van der Waals surface area contributed by atoms with Crippen LogP contribution in [-0.2, 0) is 0 Å². The van der Waals surface area contributed by atoms with Gasteiger partial charge in [-0.15, -0.1) is 0 Å². The molecular weight excluding hydrogens is 240 g/mol. The number of benzene rings is 1. The van der Waals surface area contributed by atoms with Crippen molar-refractivity contribution in [3.63, 3.8) is 0 Å². The van der Waals surface area contributed by atoms with Crippen LogP contribution in [0.25, 0.3) is 0 Å². The minimum absolute atomic E-state index is 0.140. The van der Waals surface area contributed by atoms with E-state index in [4.69, 9.17) is 5.11 Å². The van der Waals surface area contributed by atoms with Gasteiger partial charge in [-0.2, -0.15) is 0 Å². The van der Waals surface area contributed by atoms with E-state index in [2.05, 4.69) is 5.32 Å². The summed E-state index contributed by atoms with van der Waals surface area (Å²) in [6, 6.07) is 1.79. The van der Waals surface area contributed by atoms with Gasteiger partial charge < -0.3 is 10.4 Å². The molecule has 0 amide bonds. The third-order valence-corrected chi connectivity index (χ3v) is 3.26. The molecule has 1 aromatic rings. The number of carbonyl (C=O) groups is 1. The molecule has 0 bridgehead atoms. The van der Waals surface area contributed by atoms with Gasteiger partial charge in [-0.3, -0.25) is 0 Å². The lowest BCUT2D eigenvalue weighted by molar-refractivity contribution is 0.0697. The first-order valence-electron chi connectivity index (χ1n) is 6.07. The topological polar surface area (TPSA) is 49.3 Å². The van der Waals surface area contributed by atoms with Crippen LogP contribution in [0.5, 0.6) is 0 Å². The molecule has 0 unspecified atom stereocenters. The molecule has 3 nitrogen and oxygen atoms in total. The molecule has 2 N–H and O–H groups in total. The van der Waals surface area contributed by atoms with E-state index in [9.17, 15) is 13.6 Å². The van der Waals surface area contributed by atoms with Crippen molar-refractivity contribution in [1.82, 2.24) is 0 Å². The Morgan fingerprint density at radius 1 is 1.17 bits per heavy atom. The molecule has 0 atom stereocenters. The fourth-order valence-corrected chi connectivity index (χ4v) is 2.31. The van der Waals surface area contributed by atoms with E-state index in [0.29, 0.717) is 0 Å². The Hall–Kier alpha value is -1.65. The maximum Gasteiger partial charge on any atom is 0.337 e. The second-order valence-corrected chi connectivity index (χ2v) is 4.60. The summed E-state index contributed by atoms with van der Waals surface area (Å²) in [4.78, 5) is 11.0. The van der Waals surface area contributed by atoms with Crippen molar-refractivity contribution in [2.24, 2.45) is 0 Å². The standard InChI is InChI=1S/C13H15F2NO2/c14-10-6-9(13(17)18)12(7-11(10)15)16-8-4-2-1-3-5-8/h6-8,16H,1-5H2,(H,17,18). The first kappa shape index (κ1) is 12.8. The summed E-state index contributed by atoms with van der Waals surface area (Å²) < 4.78 is 26.2. The first-order valence-corrected chi connectivity index (χ1v) is 6.07. The summed E-state index contributed by atoms with van der Waals surface area (Å²) in [5, 5.41) is 12.0. The number of hydrogen-bond acceptors (Lipinski definition) is 2. The first-order chi connectivity index (χ1) is 8.58. The SMILES string of the molecule is O=C(O)c1cc(F)c(F)cc1NC1CCCCC1. The molecular formula is C13H15F2NO2. The Morgan fingerprint density at radius 2 is 1.78 bits per heavy atom. The number of hydrogen-bond donors (Lipinski definition) is 2. The molecule has 1 aromatic carbocycles. The lowest BCUT2D eigenvalue weighted by Crippen LogP contribution is -2.23. The monoisotopic (exact) mass is 255 g/mol. The fraction of sp³-hybridized carbons (Fsp3) is 0.462. The fourth-order valence-electron chi connectivity index (χ4n) is 2.31. The van der Waals surface area contributed by atoms with Gasteiger partial charge >= 0.3 is 5.97 Å². The van der Waals surface area contributed by atoms with Crippen molar-refractivity contribution in [2.45, 2.75) is 38.1 Å². The summed E-state index contributed by atoms with van der Waals surface area (Å²) in [5.74, 6) is -3.42. The average Bonchev–Trinajstić information content (AvgIpc) is 2.34. The van der Waals surface area contributed by atoms with Crippen molar-refractivity contribution in [3.8, 4) is 0 Å². The van der Waals surface area contributed by atoms with E-state index in [0.717, 1.165) is 37.8 Å². The quantitative estimate of drug-likeness (QED) is 0.870. The van der Waals surface area contributed by atoms with Gasteiger partial charge in [0, 0.05) is 12.1 Å². The lowest BCUT2D eigenvalue weighted by Gasteiger charge is -2.24. The number of nitrogens with one attached hydrogen (secondary N) is 1. The summed E-state index contributed by atoms with van der Waals surface area (Å²) in [6.45, 7) is 0. The Bertz CT molecular complexity index is 457. The van der Waals surface area contributed by atoms with Crippen LogP contribution < -0.4 is 5.32 Å². The predicted octanol–water partition coefficient (Wildman–Crippen LogP) is 3.41. The van der Waals surface area contributed by atoms with Gasteiger partial charge in [-0.1, -0.05) is 19.3 Å². The predicted molar refractivity (Wildman–Crippen MR) is 63.8 cm³/mol. The highest BCUT2D eigenvalue weighted by Gasteiger charge is 2.19. The van der Waals surface area contributed by atoms with Gasteiger partial charge in [-0.25, -0.2) is 13.6 Å². The largest absolute Gasteiger partial charge is 0.478 e. The summed E-state index contributed by atoms with van der Waals surface area (Å²) >= 11 is 0. The van der Waals surface area contributed by atoms with Crippen LogP contribution in [0.4, 0.5) is 14.5 Å². The molecule has 2 rings (SSSR count). The minimum atomic E-state index is -1.26. The number of halogens is 2. The molecule has 0 saturated heterocycles. The molecule has 0 heterocycles. The van der Waals surface area contributed by atoms with Crippen LogP contribution in [0.2, 0.25) is 0 Å². The zero-order chi connectivity index (χ0) is 13.1. The van der Waals surface area contributed by atoms with E-state index in [-0.39, 0.29) is 17.3 Å². The van der Waals surface area contributed by atoms with Crippen LogP contribution in [-0.4, -0.2) is 17.1 Å². The number of aromatic carboxylic acids is 1. The zero-order valence-electron chi connectivity index (χ0n) is 9.88. The Kier molecular flexibility index (Phi) is 3.79. The molecule has 18 heavy (non-hydrogen) atoms. The van der Waals surface area contributed by atoms with Crippen LogP contribution in [0.1, 0.15) is 42.5 Å². The number of carboxylic acids is 1. The van der Waals surface area contributed by atoms with E-state index in [1.165, 1.54) is 6.42 Å². The van der Waals surface area contributed by atoms with Gasteiger partial charge in [0.25, 0.3) is 0 Å². The van der Waals surface area contributed by atoms with Crippen molar-refractivity contribution < 1.29 is 18.7 Å². The summed E-state index contributed by atoms with van der Waals surface area (Å²) in [7, 11) is 0. The van der Waals surface area contributed by atoms with Crippen molar-refractivity contribution in [1.29, 1.82) is 0 Å². The lowest BCUT2D eigenvalue weighted by atomic mass is 9.95. The Labute approximate surface area is 104 Å². The van der Waals surface area contributed by atoms with E-state index in [1.807, 2.05) is 0 Å². The van der Waals surface area contributed by atoms with Crippen LogP contribution in [0.15, 0.2) is 12.1 Å².